The van der Waals surface area contributed by atoms with Gasteiger partial charge in [0.2, 0.25) is 0 Å². The molecule has 3 rings (SSSR count). The van der Waals surface area contributed by atoms with E-state index in [2.05, 4.69) is 15.0 Å². The van der Waals surface area contributed by atoms with Crippen LogP contribution in [0.1, 0.15) is 31.0 Å². The van der Waals surface area contributed by atoms with Gasteiger partial charge in [-0.05, 0) is 19.4 Å². The van der Waals surface area contributed by atoms with E-state index in [1.165, 1.54) is 13.3 Å². The molecule has 2 heterocycles. The summed E-state index contributed by atoms with van der Waals surface area (Å²) in [6.45, 7) is 3.81. The van der Waals surface area contributed by atoms with Gasteiger partial charge in [0.25, 0.3) is 0 Å². The first-order valence-electron chi connectivity index (χ1n) is 7.98. The largest absolute Gasteiger partial charge is 0.465 e. The van der Waals surface area contributed by atoms with Gasteiger partial charge in [0.15, 0.2) is 11.6 Å². The fraction of sp³-hybridized carbons (Fsp3) is 0.278. The van der Waals surface area contributed by atoms with Gasteiger partial charge >= 0.3 is 5.97 Å². The standard InChI is InChI=1S/C18H18N4O3/c1-3-25-18(24)14(12(2)23)15-16-17(20-10-19-15)22(11-21-16)9-13-7-5-4-6-8-13/h4-8,10-11,14H,3,9H2,1-2H3. The van der Waals surface area contributed by atoms with Crippen LogP contribution >= 0.6 is 0 Å². The van der Waals surface area contributed by atoms with Gasteiger partial charge in [-0.25, -0.2) is 15.0 Å². The Bertz CT molecular complexity index is 905. The van der Waals surface area contributed by atoms with Crippen molar-refractivity contribution in [3.63, 3.8) is 0 Å². The number of ketones is 1. The van der Waals surface area contributed by atoms with Gasteiger partial charge < -0.3 is 9.30 Å². The summed E-state index contributed by atoms with van der Waals surface area (Å²) in [6.07, 6.45) is 2.98. The van der Waals surface area contributed by atoms with Crippen LogP contribution in [0.15, 0.2) is 43.0 Å². The lowest BCUT2D eigenvalue weighted by Crippen LogP contribution is -2.23. The molecule has 0 saturated carbocycles. The quantitative estimate of drug-likeness (QED) is 0.505. The molecular weight excluding hydrogens is 320 g/mol. The molecule has 1 unspecified atom stereocenters. The molecule has 0 radical (unpaired) electrons. The van der Waals surface area contributed by atoms with Crippen LogP contribution in [0.4, 0.5) is 0 Å². The summed E-state index contributed by atoms with van der Waals surface area (Å²) >= 11 is 0. The van der Waals surface area contributed by atoms with E-state index in [-0.39, 0.29) is 18.1 Å². The minimum Gasteiger partial charge on any atom is -0.465 e. The van der Waals surface area contributed by atoms with Crippen LogP contribution in [0.5, 0.6) is 0 Å². The Kier molecular flexibility index (Phi) is 4.83. The molecule has 1 atom stereocenters. The number of aromatic nitrogens is 4. The molecule has 0 saturated heterocycles. The molecule has 0 aliphatic rings. The number of carbonyl (C=O) groups excluding carboxylic acids is 2. The Morgan fingerprint density at radius 3 is 2.60 bits per heavy atom. The zero-order valence-electron chi connectivity index (χ0n) is 14.0. The van der Waals surface area contributed by atoms with Crippen molar-refractivity contribution in [2.24, 2.45) is 0 Å². The van der Waals surface area contributed by atoms with E-state index < -0.39 is 11.9 Å². The number of benzene rings is 1. The van der Waals surface area contributed by atoms with Gasteiger partial charge in [-0.1, -0.05) is 30.3 Å². The van der Waals surface area contributed by atoms with Crippen molar-refractivity contribution in [2.75, 3.05) is 6.61 Å². The number of nitrogens with zero attached hydrogens (tertiary/aromatic N) is 4. The summed E-state index contributed by atoms with van der Waals surface area (Å²) < 4.78 is 6.88. The summed E-state index contributed by atoms with van der Waals surface area (Å²) in [6, 6.07) is 9.88. The molecule has 7 heteroatoms. The molecule has 0 bridgehead atoms. The molecule has 1 aromatic carbocycles. The lowest BCUT2D eigenvalue weighted by Gasteiger charge is -2.12. The number of hydrogen-bond acceptors (Lipinski definition) is 6. The number of fused-ring (bicyclic) bond motifs is 1. The third-order valence-corrected chi connectivity index (χ3v) is 3.83. The Balaban J connectivity index is 2.03. The van der Waals surface area contributed by atoms with Crippen molar-refractivity contribution in [3.05, 3.63) is 54.2 Å². The number of rotatable bonds is 6. The van der Waals surface area contributed by atoms with Crippen LogP contribution in [0.25, 0.3) is 11.2 Å². The van der Waals surface area contributed by atoms with Crippen molar-refractivity contribution in [1.82, 2.24) is 19.5 Å². The lowest BCUT2D eigenvalue weighted by atomic mass is 10.0. The average Bonchev–Trinajstić information content (AvgIpc) is 3.00. The third-order valence-electron chi connectivity index (χ3n) is 3.83. The molecule has 2 aromatic heterocycles. The van der Waals surface area contributed by atoms with Crippen LogP contribution in [0.3, 0.4) is 0 Å². The molecule has 0 spiro atoms. The first kappa shape index (κ1) is 16.8. The predicted molar refractivity (Wildman–Crippen MR) is 90.9 cm³/mol. The number of imidazole rings is 1. The molecule has 0 amide bonds. The van der Waals surface area contributed by atoms with Crippen LogP contribution in [-0.4, -0.2) is 37.9 Å². The number of Topliss-reactive ketones (excluding diaryl/α,β-unsaturated/α-hetero) is 1. The van der Waals surface area contributed by atoms with Gasteiger partial charge in [-0.3, -0.25) is 9.59 Å². The van der Waals surface area contributed by atoms with Gasteiger partial charge in [0.05, 0.1) is 25.2 Å². The molecular formula is C18H18N4O3. The fourth-order valence-corrected chi connectivity index (χ4v) is 2.70. The molecule has 3 aromatic rings. The minimum absolute atomic E-state index is 0.194. The Morgan fingerprint density at radius 1 is 1.16 bits per heavy atom. The maximum Gasteiger partial charge on any atom is 0.322 e. The molecule has 0 N–H and O–H groups in total. The maximum absolute atomic E-state index is 12.2. The SMILES string of the molecule is CCOC(=O)C(C(C)=O)c1ncnc2c1ncn2Cc1ccccc1. The van der Waals surface area contributed by atoms with Crippen LogP contribution in [0, 0.1) is 0 Å². The van der Waals surface area contributed by atoms with Crippen molar-refractivity contribution in [3.8, 4) is 0 Å². The van der Waals surface area contributed by atoms with Gasteiger partial charge in [0.1, 0.15) is 17.6 Å². The van der Waals surface area contributed by atoms with E-state index in [0.717, 1.165) is 5.56 Å². The monoisotopic (exact) mass is 338 g/mol. The van der Waals surface area contributed by atoms with E-state index >= 15 is 0 Å². The molecule has 128 valence electrons. The average molecular weight is 338 g/mol. The number of ether oxygens (including phenoxy) is 1. The fourth-order valence-electron chi connectivity index (χ4n) is 2.70. The van der Waals surface area contributed by atoms with Crippen molar-refractivity contribution >= 4 is 22.9 Å². The van der Waals surface area contributed by atoms with E-state index in [1.807, 2.05) is 34.9 Å². The summed E-state index contributed by atoms with van der Waals surface area (Å²) in [5.41, 5.74) is 2.38. The highest BCUT2D eigenvalue weighted by molar-refractivity contribution is 6.05. The minimum atomic E-state index is -1.09. The zero-order valence-corrected chi connectivity index (χ0v) is 14.0. The molecule has 0 fully saturated rings. The topological polar surface area (TPSA) is 87.0 Å². The number of carbonyl (C=O) groups is 2. The van der Waals surface area contributed by atoms with Gasteiger partial charge in [-0.15, -0.1) is 0 Å². The van der Waals surface area contributed by atoms with Crippen LogP contribution < -0.4 is 0 Å². The molecule has 7 nitrogen and oxygen atoms in total. The summed E-state index contributed by atoms with van der Waals surface area (Å²) in [7, 11) is 0. The van der Waals surface area contributed by atoms with Crippen molar-refractivity contribution < 1.29 is 14.3 Å². The smallest absolute Gasteiger partial charge is 0.322 e. The number of hydrogen-bond donors (Lipinski definition) is 0. The third kappa shape index (κ3) is 3.40. The molecule has 25 heavy (non-hydrogen) atoms. The predicted octanol–water partition coefficient (Wildman–Crippen LogP) is 2.11. The van der Waals surface area contributed by atoms with Crippen LogP contribution in [0.2, 0.25) is 0 Å². The normalized spacial score (nSPS) is 12.1. The maximum atomic E-state index is 12.2. The zero-order chi connectivity index (χ0) is 17.8. The lowest BCUT2D eigenvalue weighted by molar-refractivity contribution is -0.147. The summed E-state index contributed by atoms with van der Waals surface area (Å²) in [5.74, 6) is -2.05. The summed E-state index contributed by atoms with van der Waals surface area (Å²) in [5, 5.41) is 0. The second kappa shape index (κ2) is 7.21. The van der Waals surface area contributed by atoms with Crippen molar-refractivity contribution in [2.45, 2.75) is 26.3 Å². The highest BCUT2D eigenvalue weighted by Crippen LogP contribution is 2.24. The highest BCUT2D eigenvalue weighted by atomic mass is 16.5. The Labute approximate surface area is 144 Å². The molecule has 0 aliphatic heterocycles. The Morgan fingerprint density at radius 2 is 1.92 bits per heavy atom. The van der Waals surface area contributed by atoms with Crippen molar-refractivity contribution in [1.29, 1.82) is 0 Å². The first-order valence-corrected chi connectivity index (χ1v) is 7.98. The second-order valence-corrected chi connectivity index (χ2v) is 5.58. The number of esters is 1. The van der Waals surface area contributed by atoms with E-state index in [9.17, 15) is 9.59 Å². The van der Waals surface area contributed by atoms with E-state index in [1.54, 1.807) is 13.3 Å². The summed E-state index contributed by atoms with van der Waals surface area (Å²) in [4.78, 5) is 36.9. The second-order valence-electron chi connectivity index (χ2n) is 5.58. The van der Waals surface area contributed by atoms with Crippen LogP contribution in [-0.2, 0) is 20.9 Å². The van der Waals surface area contributed by atoms with E-state index in [0.29, 0.717) is 17.7 Å². The van der Waals surface area contributed by atoms with E-state index in [4.69, 9.17) is 4.74 Å². The molecule has 0 aliphatic carbocycles. The Hall–Kier alpha value is -3.09. The highest BCUT2D eigenvalue weighted by Gasteiger charge is 2.31. The first-order chi connectivity index (χ1) is 12.1. The van der Waals surface area contributed by atoms with Gasteiger partial charge in [-0.2, -0.15) is 0 Å². The van der Waals surface area contributed by atoms with Gasteiger partial charge in [0, 0.05) is 0 Å².